The number of nitrogen functional groups attached to an aromatic ring is 1. The summed E-state index contributed by atoms with van der Waals surface area (Å²) in [5, 5.41) is 10.9. The van der Waals surface area contributed by atoms with Gasteiger partial charge in [-0.15, -0.1) is 11.8 Å². The van der Waals surface area contributed by atoms with E-state index in [1.165, 1.54) is 17.8 Å². The molecule has 0 spiro atoms. The summed E-state index contributed by atoms with van der Waals surface area (Å²) in [4.78, 5) is 11.4. The van der Waals surface area contributed by atoms with Crippen molar-refractivity contribution < 1.29 is 9.66 Å². The number of anilines is 1. The minimum atomic E-state index is -0.405. The third-order valence-corrected chi connectivity index (χ3v) is 4.89. The third kappa shape index (κ3) is 3.68. The number of hydrogen-bond acceptors (Lipinski definition) is 5. The Morgan fingerprint density at radius 1 is 1.38 bits per heavy atom. The Morgan fingerprint density at radius 2 is 2.14 bits per heavy atom. The highest BCUT2D eigenvalue weighted by molar-refractivity contribution is 9.10. The van der Waals surface area contributed by atoms with Crippen LogP contribution in [-0.4, -0.2) is 12.0 Å². The molecule has 0 aliphatic heterocycles. The zero-order valence-corrected chi connectivity index (χ0v) is 13.6. The molecular formula is C14H13BrN2O3S. The van der Waals surface area contributed by atoms with Crippen LogP contribution in [-0.2, 0) is 5.75 Å². The Kier molecular flexibility index (Phi) is 5.08. The molecular weight excluding hydrogens is 356 g/mol. The number of rotatable bonds is 5. The van der Waals surface area contributed by atoms with Gasteiger partial charge >= 0.3 is 0 Å². The Bertz CT molecular complexity index is 679. The lowest BCUT2D eigenvalue weighted by Gasteiger charge is -2.09. The summed E-state index contributed by atoms with van der Waals surface area (Å²) in [6.07, 6.45) is 0. The number of ether oxygens (including phenoxy) is 1. The highest BCUT2D eigenvalue weighted by atomic mass is 79.9. The first-order chi connectivity index (χ1) is 10.0. The molecule has 0 aliphatic carbocycles. The molecule has 0 amide bonds. The van der Waals surface area contributed by atoms with Crippen molar-refractivity contribution in [3.05, 3.63) is 56.5 Å². The molecule has 0 aromatic heterocycles. The van der Waals surface area contributed by atoms with E-state index in [0.717, 1.165) is 16.2 Å². The first-order valence-electron chi connectivity index (χ1n) is 6.01. The predicted octanol–water partition coefficient (Wildman–Crippen LogP) is 4.24. The van der Waals surface area contributed by atoms with Crippen molar-refractivity contribution in [2.24, 2.45) is 0 Å². The van der Waals surface area contributed by atoms with Crippen LogP contribution in [0.4, 0.5) is 11.4 Å². The van der Waals surface area contributed by atoms with Crippen molar-refractivity contribution in [2.75, 3.05) is 12.8 Å². The normalized spacial score (nSPS) is 10.4. The van der Waals surface area contributed by atoms with Gasteiger partial charge in [-0.05, 0) is 39.7 Å². The zero-order chi connectivity index (χ0) is 15.4. The molecule has 0 heterocycles. The quantitative estimate of drug-likeness (QED) is 0.369. The van der Waals surface area contributed by atoms with Gasteiger partial charge in [-0.2, -0.15) is 0 Å². The minimum absolute atomic E-state index is 0.0618. The van der Waals surface area contributed by atoms with Crippen molar-refractivity contribution in [3.8, 4) is 5.75 Å². The van der Waals surface area contributed by atoms with E-state index in [4.69, 9.17) is 10.5 Å². The fraction of sp³-hybridized carbons (Fsp3) is 0.143. The van der Waals surface area contributed by atoms with Crippen LogP contribution < -0.4 is 10.5 Å². The summed E-state index contributed by atoms with van der Waals surface area (Å²) in [5.41, 5.74) is 7.49. The molecule has 0 fully saturated rings. The van der Waals surface area contributed by atoms with Gasteiger partial charge < -0.3 is 10.5 Å². The van der Waals surface area contributed by atoms with Gasteiger partial charge in [0.15, 0.2) is 0 Å². The number of nitro groups is 1. The highest BCUT2D eigenvalue weighted by Crippen LogP contribution is 2.35. The van der Waals surface area contributed by atoms with E-state index in [1.54, 1.807) is 25.3 Å². The first kappa shape index (κ1) is 15.7. The lowest BCUT2D eigenvalue weighted by Crippen LogP contribution is -1.94. The minimum Gasteiger partial charge on any atom is -0.497 e. The van der Waals surface area contributed by atoms with Gasteiger partial charge in [0.2, 0.25) is 0 Å². The van der Waals surface area contributed by atoms with Crippen LogP contribution >= 0.6 is 27.7 Å². The smallest absolute Gasteiger partial charge is 0.283 e. The number of thioether (sulfide) groups is 1. The van der Waals surface area contributed by atoms with E-state index in [2.05, 4.69) is 15.9 Å². The van der Waals surface area contributed by atoms with Crippen LogP contribution in [0.2, 0.25) is 0 Å². The van der Waals surface area contributed by atoms with E-state index in [-0.39, 0.29) is 5.69 Å². The number of hydrogen-bond donors (Lipinski definition) is 1. The monoisotopic (exact) mass is 368 g/mol. The lowest BCUT2D eigenvalue weighted by atomic mass is 10.2. The molecule has 2 N–H and O–H groups in total. The van der Waals surface area contributed by atoms with E-state index in [1.807, 2.05) is 12.1 Å². The molecule has 5 nitrogen and oxygen atoms in total. The van der Waals surface area contributed by atoms with Gasteiger partial charge in [-0.1, -0.05) is 12.1 Å². The second-order valence-corrected chi connectivity index (χ2v) is 6.01. The molecule has 0 saturated carbocycles. The van der Waals surface area contributed by atoms with E-state index >= 15 is 0 Å². The number of halogens is 1. The number of benzene rings is 2. The number of nitrogens with two attached hydrogens (primary N) is 1. The standard InChI is InChI=1S/C14H13BrN2O3S/c1-20-10-5-6-11(16)13(7-10)21-8-9-3-2-4-12(14(9)15)17(18)19/h2-7H,8,16H2,1H3. The number of nitrogens with zero attached hydrogens (tertiary/aromatic N) is 1. The van der Waals surface area contributed by atoms with E-state index < -0.39 is 4.92 Å². The van der Waals surface area contributed by atoms with Crippen LogP contribution in [0.15, 0.2) is 45.8 Å². The summed E-state index contributed by atoms with van der Waals surface area (Å²) < 4.78 is 5.67. The molecule has 2 aromatic rings. The van der Waals surface area contributed by atoms with Crippen molar-refractivity contribution in [1.82, 2.24) is 0 Å². The SMILES string of the molecule is COc1ccc(N)c(SCc2cccc([N+](=O)[O-])c2Br)c1. The largest absolute Gasteiger partial charge is 0.497 e. The zero-order valence-electron chi connectivity index (χ0n) is 11.2. The van der Waals surface area contributed by atoms with Crippen molar-refractivity contribution in [1.29, 1.82) is 0 Å². The van der Waals surface area contributed by atoms with Crippen LogP contribution in [0, 0.1) is 10.1 Å². The summed E-state index contributed by atoms with van der Waals surface area (Å²) in [5.74, 6) is 1.30. The third-order valence-electron chi connectivity index (χ3n) is 2.86. The number of nitro benzene ring substituents is 1. The average Bonchev–Trinajstić information content (AvgIpc) is 2.47. The van der Waals surface area contributed by atoms with Gasteiger partial charge in [0, 0.05) is 22.4 Å². The van der Waals surface area contributed by atoms with Gasteiger partial charge in [-0.3, -0.25) is 10.1 Å². The summed E-state index contributed by atoms with van der Waals surface area (Å²) in [6, 6.07) is 10.4. The van der Waals surface area contributed by atoms with Gasteiger partial charge in [-0.25, -0.2) is 0 Å². The topological polar surface area (TPSA) is 78.4 Å². The van der Waals surface area contributed by atoms with Gasteiger partial charge in [0.25, 0.3) is 5.69 Å². The molecule has 0 radical (unpaired) electrons. The van der Waals surface area contributed by atoms with Crippen molar-refractivity contribution >= 4 is 39.1 Å². The maximum Gasteiger partial charge on any atom is 0.283 e. The molecule has 110 valence electrons. The van der Waals surface area contributed by atoms with Crippen LogP contribution in [0.25, 0.3) is 0 Å². The second kappa shape index (κ2) is 6.82. The van der Waals surface area contributed by atoms with Crippen molar-refractivity contribution in [2.45, 2.75) is 10.6 Å². The molecule has 0 bridgehead atoms. The Labute approximate surface area is 134 Å². The van der Waals surface area contributed by atoms with E-state index in [0.29, 0.717) is 15.9 Å². The maximum absolute atomic E-state index is 10.9. The first-order valence-corrected chi connectivity index (χ1v) is 7.79. The highest BCUT2D eigenvalue weighted by Gasteiger charge is 2.15. The maximum atomic E-state index is 10.9. The molecule has 0 atom stereocenters. The Balaban J connectivity index is 2.21. The van der Waals surface area contributed by atoms with E-state index in [9.17, 15) is 10.1 Å². The summed E-state index contributed by atoms with van der Waals surface area (Å²) >= 11 is 4.80. The molecule has 0 unspecified atom stereocenters. The lowest BCUT2D eigenvalue weighted by molar-refractivity contribution is -0.385. The Hall–Kier alpha value is -1.73. The fourth-order valence-corrected chi connectivity index (χ4v) is 3.46. The predicted molar refractivity (Wildman–Crippen MR) is 87.8 cm³/mol. The summed E-state index contributed by atoms with van der Waals surface area (Å²) in [7, 11) is 1.59. The fourth-order valence-electron chi connectivity index (χ4n) is 1.74. The average molecular weight is 369 g/mol. The molecule has 0 aliphatic rings. The molecule has 2 rings (SSSR count). The van der Waals surface area contributed by atoms with Crippen LogP contribution in [0.3, 0.4) is 0 Å². The molecule has 2 aromatic carbocycles. The van der Waals surface area contributed by atoms with Gasteiger partial charge in [0.1, 0.15) is 5.75 Å². The molecule has 21 heavy (non-hydrogen) atoms. The van der Waals surface area contributed by atoms with Crippen LogP contribution in [0.5, 0.6) is 5.75 Å². The molecule has 0 saturated heterocycles. The van der Waals surface area contributed by atoms with Gasteiger partial charge in [0.05, 0.1) is 16.5 Å². The van der Waals surface area contributed by atoms with Crippen LogP contribution in [0.1, 0.15) is 5.56 Å². The van der Waals surface area contributed by atoms with Crippen molar-refractivity contribution in [3.63, 3.8) is 0 Å². The Morgan fingerprint density at radius 3 is 2.81 bits per heavy atom. The number of methoxy groups -OCH3 is 1. The second-order valence-electron chi connectivity index (χ2n) is 4.20. The summed E-state index contributed by atoms with van der Waals surface area (Å²) in [6.45, 7) is 0. The molecule has 7 heteroatoms.